The summed E-state index contributed by atoms with van der Waals surface area (Å²) < 4.78 is 11.2. The van der Waals surface area contributed by atoms with Crippen molar-refractivity contribution >= 4 is 39.7 Å². The highest BCUT2D eigenvalue weighted by molar-refractivity contribution is 6.28. The fraction of sp³-hybridized carbons (Fsp3) is 0.276. The zero-order valence-electron chi connectivity index (χ0n) is 20.3. The number of piperidine rings is 1. The van der Waals surface area contributed by atoms with E-state index < -0.39 is 0 Å². The maximum atomic E-state index is 13.8. The largest absolute Gasteiger partial charge is 0.466 e. The molecule has 1 atom stereocenters. The average Bonchev–Trinajstić information content (AvgIpc) is 3.33. The summed E-state index contributed by atoms with van der Waals surface area (Å²) in [6.07, 6.45) is 1.65. The predicted molar refractivity (Wildman–Crippen MR) is 139 cm³/mol. The van der Waals surface area contributed by atoms with E-state index in [0.29, 0.717) is 46.6 Å². The van der Waals surface area contributed by atoms with Crippen LogP contribution in [0.15, 0.2) is 59.1 Å². The van der Waals surface area contributed by atoms with Crippen molar-refractivity contribution in [1.29, 1.82) is 0 Å². The van der Waals surface area contributed by atoms with Crippen molar-refractivity contribution in [3.63, 3.8) is 0 Å². The number of aryl methyl sites for hydroxylation is 1. The van der Waals surface area contributed by atoms with E-state index in [1.807, 2.05) is 68.4 Å². The second-order valence-electron chi connectivity index (χ2n) is 9.46. The second-order valence-corrected chi connectivity index (χ2v) is 9.46. The number of fused-ring (bicyclic) bond motifs is 2. The number of benzene rings is 3. The minimum absolute atomic E-state index is 0.0592. The number of carbonyl (C=O) groups is 2. The van der Waals surface area contributed by atoms with Crippen molar-refractivity contribution in [1.82, 2.24) is 5.16 Å². The highest BCUT2D eigenvalue weighted by atomic mass is 16.5. The molecule has 7 heteroatoms. The summed E-state index contributed by atoms with van der Waals surface area (Å²) >= 11 is 0. The van der Waals surface area contributed by atoms with E-state index in [1.165, 1.54) is 0 Å². The molecule has 1 N–H and O–H groups in total. The number of aromatic nitrogens is 1. The van der Waals surface area contributed by atoms with E-state index in [-0.39, 0.29) is 17.7 Å². The molecule has 0 amide bonds. The summed E-state index contributed by atoms with van der Waals surface area (Å²) in [4.78, 5) is 28.5. The Hall–Kier alpha value is -4.13. The Morgan fingerprint density at radius 1 is 1.17 bits per heavy atom. The van der Waals surface area contributed by atoms with Crippen molar-refractivity contribution in [3.8, 4) is 11.3 Å². The molecule has 4 aromatic rings. The monoisotopic (exact) mass is 481 g/mol. The molecular formula is C29H27N3O4. The maximum Gasteiger partial charge on any atom is 0.310 e. The molecule has 7 nitrogen and oxygen atoms in total. The van der Waals surface area contributed by atoms with Gasteiger partial charge in [-0.15, -0.1) is 0 Å². The van der Waals surface area contributed by atoms with Gasteiger partial charge in [0.1, 0.15) is 5.52 Å². The van der Waals surface area contributed by atoms with Crippen LogP contribution >= 0.6 is 0 Å². The van der Waals surface area contributed by atoms with Gasteiger partial charge in [-0.1, -0.05) is 41.6 Å². The molecule has 1 aliphatic carbocycles. The van der Waals surface area contributed by atoms with E-state index in [1.54, 1.807) is 0 Å². The molecule has 0 spiro atoms. The molecule has 2 heterocycles. The van der Waals surface area contributed by atoms with Gasteiger partial charge in [0.15, 0.2) is 11.5 Å². The Morgan fingerprint density at radius 3 is 2.81 bits per heavy atom. The molecule has 0 unspecified atom stereocenters. The van der Waals surface area contributed by atoms with Crippen LogP contribution < -0.4 is 10.2 Å². The maximum absolute atomic E-state index is 13.8. The zero-order chi connectivity index (χ0) is 24.8. The third-order valence-corrected chi connectivity index (χ3v) is 7.06. The molecule has 182 valence electrons. The van der Waals surface area contributed by atoms with E-state index >= 15 is 0 Å². The number of carbonyl (C=O) groups excluding carboxylic acids is 2. The Bertz CT molecular complexity index is 1510. The number of hydrogen-bond donors (Lipinski definition) is 1. The predicted octanol–water partition coefficient (Wildman–Crippen LogP) is 5.87. The highest BCUT2D eigenvalue weighted by Crippen LogP contribution is 2.46. The summed E-state index contributed by atoms with van der Waals surface area (Å²) in [5.74, 6) is 0.168. The van der Waals surface area contributed by atoms with Gasteiger partial charge >= 0.3 is 5.97 Å². The van der Waals surface area contributed by atoms with Crippen molar-refractivity contribution in [3.05, 3.63) is 71.3 Å². The minimum Gasteiger partial charge on any atom is -0.466 e. The Morgan fingerprint density at radius 2 is 2.00 bits per heavy atom. The minimum atomic E-state index is -0.205. The average molecular weight is 482 g/mol. The second kappa shape index (κ2) is 8.82. The van der Waals surface area contributed by atoms with Gasteiger partial charge in [0.25, 0.3) is 0 Å². The van der Waals surface area contributed by atoms with Crippen LogP contribution in [-0.4, -0.2) is 36.6 Å². The lowest BCUT2D eigenvalue weighted by Gasteiger charge is -2.34. The first-order valence-corrected chi connectivity index (χ1v) is 12.4. The molecule has 36 heavy (non-hydrogen) atoms. The normalized spacial score (nSPS) is 16.7. The fourth-order valence-electron chi connectivity index (χ4n) is 5.41. The third-order valence-electron chi connectivity index (χ3n) is 7.06. The van der Waals surface area contributed by atoms with E-state index in [2.05, 4.69) is 15.4 Å². The number of hydrogen-bond acceptors (Lipinski definition) is 7. The van der Waals surface area contributed by atoms with Crippen LogP contribution in [0.25, 0.3) is 22.2 Å². The Balaban J connectivity index is 1.53. The summed E-state index contributed by atoms with van der Waals surface area (Å²) in [7, 11) is 0. The molecule has 2 aliphatic rings. The SMILES string of the molecule is CCOC(=O)[C@H]1CCCN(c2cc(Nc3cccc(C)c3)c3c4c(onc24)-c2ccccc2C3=O)C1. The molecule has 0 bridgehead atoms. The van der Waals surface area contributed by atoms with Crippen LogP contribution in [0.3, 0.4) is 0 Å². The first-order valence-electron chi connectivity index (χ1n) is 12.4. The van der Waals surface area contributed by atoms with Crippen molar-refractivity contribution in [2.24, 2.45) is 5.92 Å². The van der Waals surface area contributed by atoms with Crippen molar-refractivity contribution < 1.29 is 18.8 Å². The third kappa shape index (κ3) is 3.63. The first-order chi connectivity index (χ1) is 17.5. The van der Waals surface area contributed by atoms with Crippen LogP contribution in [0.4, 0.5) is 17.1 Å². The van der Waals surface area contributed by atoms with E-state index in [4.69, 9.17) is 9.26 Å². The topological polar surface area (TPSA) is 84.7 Å². The lowest BCUT2D eigenvalue weighted by Crippen LogP contribution is -2.39. The number of nitrogens with zero attached hydrogens (tertiary/aromatic N) is 2. The Labute approximate surface area is 209 Å². The molecule has 0 saturated carbocycles. The van der Waals surface area contributed by atoms with Crippen LogP contribution in [0.5, 0.6) is 0 Å². The molecule has 6 rings (SSSR count). The summed E-state index contributed by atoms with van der Waals surface area (Å²) in [6.45, 7) is 5.54. The zero-order valence-corrected chi connectivity index (χ0v) is 20.3. The van der Waals surface area contributed by atoms with Gasteiger partial charge < -0.3 is 19.5 Å². The molecular weight excluding hydrogens is 454 g/mol. The number of ether oxygens (including phenoxy) is 1. The number of anilines is 3. The van der Waals surface area contributed by atoms with Gasteiger partial charge in [0, 0.05) is 29.9 Å². The van der Waals surface area contributed by atoms with Gasteiger partial charge in [-0.05, 0) is 50.5 Å². The van der Waals surface area contributed by atoms with Gasteiger partial charge in [0.2, 0.25) is 0 Å². The van der Waals surface area contributed by atoms with Gasteiger partial charge in [-0.25, -0.2) is 0 Å². The standard InChI is InChI=1S/C29H27N3O4/c1-3-35-29(34)18-9-7-13-32(16-18)23-15-22(30-19-10-6-8-17(2)14-19)24-25-26(23)31-36-28(25)21-12-5-4-11-20(21)27(24)33/h4-6,8,10-12,14-15,18,30H,3,7,9,13,16H2,1-2H3/t18-/m0/s1. The van der Waals surface area contributed by atoms with E-state index in [9.17, 15) is 9.59 Å². The lowest BCUT2D eigenvalue weighted by molar-refractivity contribution is -0.148. The Kier molecular flexibility index (Phi) is 5.48. The fourth-order valence-corrected chi connectivity index (χ4v) is 5.41. The lowest BCUT2D eigenvalue weighted by atomic mass is 9.86. The molecule has 3 aromatic carbocycles. The number of nitrogens with one attached hydrogen (secondary N) is 1. The van der Waals surface area contributed by atoms with Crippen molar-refractivity contribution in [2.75, 3.05) is 29.9 Å². The molecule has 1 fully saturated rings. The number of ketones is 1. The van der Waals surface area contributed by atoms with Gasteiger partial charge in [0.05, 0.1) is 34.8 Å². The van der Waals surface area contributed by atoms with Crippen LogP contribution in [0.2, 0.25) is 0 Å². The smallest absolute Gasteiger partial charge is 0.310 e. The number of esters is 1. The van der Waals surface area contributed by atoms with Crippen LogP contribution in [0, 0.1) is 12.8 Å². The molecule has 1 aromatic heterocycles. The summed E-state index contributed by atoms with van der Waals surface area (Å²) in [6, 6.07) is 17.5. The number of rotatable bonds is 5. The van der Waals surface area contributed by atoms with Gasteiger partial charge in [-0.2, -0.15) is 0 Å². The molecule has 0 radical (unpaired) electrons. The van der Waals surface area contributed by atoms with Gasteiger partial charge in [-0.3, -0.25) is 9.59 Å². The van der Waals surface area contributed by atoms with Crippen molar-refractivity contribution in [2.45, 2.75) is 26.7 Å². The summed E-state index contributed by atoms with van der Waals surface area (Å²) in [5, 5.41) is 8.66. The first kappa shape index (κ1) is 22.3. The molecule has 1 aliphatic heterocycles. The van der Waals surface area contributed by atoms with E-state index in [0.717, 1.165) is 41.9 Å². The quantitative estimate of drug-likeness (QED) is 0.314. The van der Waals surface area contributed by atoms with Crippen LogP contribution in [0.1, 0.15) is 41.3 Å². The van der Waals surface area contributed by atoms with Crippen LogP contribution in [-0.2, 0) is 9.53 Å². The molecule has 1 saturated heterocycles. The summed E-state index contributed by atoms with van der Waals surface area (Å²) in [5.41, 5.74) is 6.11. The highest BCUT2D eigenvalue weighted by Gasteiger charge is 2.35.